The van der Waals surface area contributed by atoms with Crippen molar-refractivity contribution in [2.75, 3.05) is 13.7 Å². The summed E-state index contributed by atoms with van der Waals surface area (Å²) in [5, 5.41) is 5.84. The lowest BCUT2D eigenvalue weighted by Gasteiger charge is -2.17. The second-order valence-electron chi connectivity index (χ2n) is 7.76. The number of hydrogen-bond donors (Lipinski definition) is 0. The van der Waals surface area contributed by atoms with E-state index in [0.29, 0.717) is 40.4 Å². The molecule has 2 aromatic carbocycles. The van der Waals surface area contributed by atoms with E-state index < -0.39 is 0 Å². The molecule has 0 aliphatic carbocycles. The minimum Gasteiger partial charge on any atom is -0.376 e. The Hall–Kier alpha value is -1.77. The third-order valence-electron chi connectivity index (χ3n) is 5.25. The molecule has 2 heterocycles. The van der Waals surface area contributed by atoms with Crippen molar-refractivity contribution in [3.63, 3.8) is 0 Å². The molecular weight excluding hydrogens is 458 g/mol. The van der Waals surface area contributed by atoms with Gasteiger partial charge in [-0.3, -0.25) is 9.47 Å². The quantitative estimate of drug-likeness (QED) is 0.400. The predicted molar refractivity (Wildman–Crippen MR) is 123 cm³/mol. The van der Waals surface area contributed by atoms with Crippen LogP contribution in [0, 0.1) is 10.6 Å². The van der Waals surface area contributed by atoms with E-state index in [1.807, 2.05) is 23.7 Å². The van der Waals surface area contributed by atoms with Gasteiger partial charge in [0, 0.05) is 18.7 Å². The molecule has 31 heavy (non-hydrogen) atoms. The zero-order chi connectivity index (χ0) is 22.0. The van der Waals surface area contributed by atoms with Crippen molar-refractivity contribution >= 4 is 35.4 Å². The van der Waals surface area contributed by atoms with Crippen molar-refractivity contribution in [1.29, 1.82) is 0 Å². The fraction of sp³-hybridized carbons (Fsp3) is 0.364. The van der Waals surface area contributed by atoms with Gasteiger partial charge in [0.1, 0.15) is 5.82 Å². The molecular formula is C22H23Cl2FN4OS. The van der Waals surface area contributed by atoms with E-state index in [4.69, 9.17) is 45.3 Å². The van der Waals surface area contributed by atoms with Crippen molar-refractivity contribution in [2.24, 2.45) is 0 Å². The van der Waals surface area contributed by atoms with Crippen molar-refractivity contribution in [1.82, 2.24) is 19.2 Å². The third kappa shape index (κ3) is 5.35. The Morgan fingerprint density at radius 1 is 1.19 bits per heavy atom. The van der Waals surface area contributed by atoms with Crippen LogP contribution in [0.2, 0.25) is 10.0 Å². The number of ether oxygens (including phenoxy) is 1. The Morgan fingerprint density at radius 2 is 1.97 bits per heavy atom. The van der Waals surface area contributed by atoms with Gasteiger partial charge in [-0.1, -0.05) is 29.3 Å². The molecule has 0 unspecified atom stereocenters. The van der Waals surface area contributed by atoms with Crippen LogP contribution >= 0.6 is 35.4 Å². The average Bonchev–Trinajstić information content (AvgIpc) is 3.35. The number of benzene rings is 2. The van der Waals surface area contributed by atoms with Crippen LogP contribution in [0.25, 0.3) is 11.4 Å². The number of halogens is 3. The lowest BCUT2D eigenvalue weighted by molar-refractivity contribution is 0.0967. The number of hydrogen-bond acceptors (Lipinski definition) is 4. The molecule has 0 saturated carbocycles. The molecule has 0 bridgehead atoms. The van der Waals surface area contributed by atoms with Crippen LogP contribution in [0.3, 0.4) is 0 Å². The standard InChI is InChI=1S/C22H23Cl2FN4OS/c1-27(12-15-4-9-19(23)20(24)11-15)14-29-22(31)28(13-18-3-2-10-30-18)21(26-29)16-5-7-17(25)8-6-16/h4-9,11,18H,2-3,10,12-14H2,1H3/t18-/m0/s1. The molecule has 164 valence electrons. The SMILES string of the molecule is CN(Cc1ccc(Cl)c(Cl)c1)Cn1nc(-c2ccc(F)cc2)n(C[C@@H]2CCCO2)c1=S. The summed E-state index contributed by atoms with van der Waals surface area (Å²) in [6.45, 7) is 2.54. The van der Waals surface area contributed by atoms with Crippen LogP contribution in [0.4, 0.5) is 4.39 Å². The van der Waals surface area contributed by atoms with Crippen LogP contribution in [-0.2, 0) is 24.5 Å². The second kappa shape index (κ2) is 9.79. The van der Waals surface area contributed by atoms with Crippen LogP contribution in [0.1, 0.15) is 18.4 Å². The summed E-state index contributed by atoms with van der Waals surface area (Å²) in [5.41, 5.74) is 1.86. The molecule has 1 aromatic heterocycles. The zero-order valence-electron chi connectivity index (χ0n) is 17.1. The fourth-order valence-electron chi connectivity index (χ4n) is 3.73. The van der Waals surface area contributed by atoms with E-state index in [2.05, 4.69) is 4.90 Å². The van der Waals surface area contributed by atoms with Gasteiger partial charge in [0.25, 0.3) is 0 Å². The Morgan fingerprint density at radius 3 is 2.65 bits per heavy atom. The van der Waals surface area contributed by atoms with Gasteiger partial charge in [0.05, 0.1) is 29.4 Å². The Kier molecular flexibility index (Phi) is 7.08. The molecule has 1 fully saturated rings. The van der Waals surface area contributed by atoms with Gasteiger partial charge >= 0.3 is 0 Å². The molecule has 4 rings (SSSR count). The number of rotatable bonds is 7. The highest BCUT2D eigenvalue weighted by atomic mass is 35.5. The molecule has 1 atom stereocenters. The first kappa shape index (κ1) is 22.4. The monoisotopic (exact) mass is 480 g/mol. The summed E-state index contributed by atoms with van der Waals surface area (Å²) in [7, 11) is 1.99. The highest BCUT2D eigenvalue weighted by molar-refractivity contribution is 7.71. The maximum atomic E-state index is 13.5. The Balaban J connectivity index is 1.59. The summed E-state index contributed by atoms with van der Waals surface area (Å²) >= 11 is 17.9. The molecule has 1 aliphatic heterocycles. The van der Waals surface area contributed by atoms with Crippen LogP contribution < -0.4 is 0 Å². The lowest BCUT2D eigenvalue weighted by atomic mass is 10.2. The Bertz CT molecular complexity index is 1110. The van der Waals surface area contributed by atoms with Gasteiger partial charge < -0.3 is 4.74 Å². The molecule has 9 heteroatoms. The molecule has 0 N–H and O–H groups in total. The van der Waals surface area contributed by atoms with Crippen molar-refractivity contribution in [2.45, 2.75) is 38.7 Å². The van der Waals surface area contributed by atoms with E-state index in [-0.39, 0.29) is 11.9 Å². The first-order chi connectivity index (χ1) is 14.9. The second-order valence-corrected chi connectivity index (χ2v) is 8.94. The predicted octanol–water partition coefficient (Wildman–Crippen LogP) is 5.80. The normalized spacial score (nSPS) is 16.4. The molecule has 0 spiro atoms. The number of nitrogens with zero attached hydrogens (tertiary/aromatic N) is 4. The van der Waals surface area contributed by atoms with Crippen molar-refractivity contribution in [3.05, 3.63) is 68.7 Å². The molecule has 3 aromatic rings. The van der Waals surface area contributed by atoms with Crippen LogP contribution in [0.15, 0.2) is 42.5 Å². The smallest absolute Gasteiger partial charge is 0.199 e. The van der Waals surface area contributed by atoms with Gasteiger partial charge in [0.15, 0.2) is 10.6 Å². The first-order valence-corrected chi connectivity index (χ1v) is 11.2. The van der Waals surface area contributed by atoms with Crippen molar-refractivity contribution < 1.29 is 9.13 Å². The summed E-state index contributed by atoms with van der Waals surface area (Å²) in [4.78, 5) is 2.09. The highest BCUT2D eigenvalue weighted by Gasteiger charge is 2.21. The third-order valence-corrected chi connectivity index (χ3v) is 6.42. The van der Waals surface area contributed by atoms with Crippen molar-refractivity contribution in [3.8, 4) is 11.4 Å². The van der Waals surface area contributed by atoms with E-state index in [1.54, 1.807) is 22.9 Å². The molecule has 5 nitrogen and oxygen atoms in total. The molecule has 0 radical (unpaired) electrons. The molecule has 1 saturated heterocycles. The lowest BCUT2D eigenvalue weighted by Crippen LogP contribution is -2.23. The van der Waals surface area contributed by atoms with Crippen LogP contribution in [-0.4, -0.2) is 39.0 Å². The van der Waals surface area contributed by atoms with Gasteiger partial charge in [-0.15, -0.1) is 0 Å². The largest absolute Gasteiger partial charge is 0.376 e. The summed E-state index contributed by atoms with van der Waals surface area (Å²) in [6, 6.07) is 11.9. The molecule has 1 aliphatic rings. The maximum Gasteiger partial charge on any atom is 0.199 e. The minimum atomic E-state index is -0.284. The van der Waals surface area contributed by atoms with E-state index >= 15 is 0 Å². The summed E-state index contributed by atoms with van der Waals surface area (Å²) in [5.74, 6) is 0.428. The average molecular weight is 481 g/mol. The van der Waals surface area contributed by atoms with Crippen LogP contribution in [0.5, 0.6) is 0 Å². The summed E-state index contributed by atoms with van der Waals surface area (Å²) < 4.78 is 23.7. The van der Waals surface area contributed by atoms with Gasteiger partial charge in [0.2, 0.25) is 0 Å². The summed E-state index contributed by atoms with van der Waals surface area (Å²) in [6.07, 6.45) is 2.15. The fourth-order valence-corrected chi connectivity index (χ4v) is 4.31. The zero-order valence-corrected chi connectivity index (χ0v) is 19.4. The highest BCUT2D eigenvalue weighted by Crippen LogP contribution is 2.24. The maximum absolute atomic E-state index is 13.5. The molecule has 0 amide bonds. The van der Waals surface area contributed by atoms with E-state index in [0.717, 1.165) is 30.6 Å². The van der Waals surface area contributed by atoms with Gasteiger partial charge in [-0.05, 0) is 74.1 Å². The van der Waals surface area contributed by atoms with E-state index in [1.165, 1.54) is 12.1 Å². The first-order valence-electron chi connectivity index (χ1n) is 10.1. The minimum absolute atomic E-state index is 0.109. The number of aromatic nitrogens is 3. The Labute approximate surface area is 196 Å². The van der Waals surface area contributed by atoms with Gasteiger partial charge in [-0.2, -0.15) is 5.10 Å². The van der Waals surface area contributed by atoms with E-state index in [9.17, 15) is 4.39 Å². The topological polar surface area (TPSA) is 35.2 Å². The van der Waals surface area contributed by atoms with Gasteiger partial charge in [-0.25, -0.2) is 9.07 Å².